The van der Waals surface area contributed by atoms with Crippen LogP contribution in [-0.4, -0.2) is 49.4 Å². The lowest BCUT2D eigenvalue weighted by atomic mass is 10.2. The SMILES string of the molecule is CCN(CC)c1ccc(N=NC2N(C)N=C(O[Cl+3]([O-])([O-])[O-])N2C)cc1. The van der Waals surface area contributed by atoms with Gasteiger partial charge in [-0.25, -0.2) is 0 Å². The van der Waals surface area contributed by atoms with Crippen LogP contribution in [0, 0.1) is 10.2 Å². The zero-order valence-corrected chi connectivity index (χ0v) is 15.3. The van der Waals surface area contributed by atoms with Crippen molar-refractivity contribution in [3.8, 4) is 0 Å². The lowest BCUT2D eigenvalue weighted by molar-refractivity contribution is -1.92. The van der Waals surface area contributed by atoms with E-state index in [2.05, 4.69) is 38.4 Å². The number of azo groups is 1. The second kappa shape index (κ2) is 7.83. The molecular weight excluding hydrogens is 352 g/mol. The van der Waals surface area contributed by atoms with Crippen molar-refractivity contribution in [2.45, 2.75) is 20.1 Å². The number of amidine groups is 1. The third-order valence-corrected chi connectivity index (χ3v) is 3.97. The summed E-state index contributed by atoms with van der Waals surface area (Å²) in [6, 6.07) is 7.23. The molecule has 1 aliphatic heterocycles. The third kappa shape index (κ3) is 4.92. The smallest absolute Gasteiger partial charge is 0.372 e. The van der Waals surface area contributed by atoms with Gasteiger partial charge in [-0.3, -0.25) is 9.91 Å². The molecule has 0 N–H and O–H groups in total. The van der Waals surface area contributed by atoms with Gasteiger partial charge in [-0.1, -0.05) is 0 Å². The lowest BCUT2D eigenvalue weighted by Crippen LogP contribution is -2.62. The molecule has 0 radical (unpaired) electrons. The highest BCUT2D eigenvalue weighted by Gasteiger charge is 2.39. The summed E-state index contributed by atoms with van der Waals surface area (Å²) in [5, 5.41) is 13.4. The fourth-order valence-corrected chi connectivity index (χ4v) is 2.66. The minimum absolute atomic E-state index is 0.361. The van der Waals surface area contributed by atoms with E-state index in [-0.39, 0.29) is 6.02 Å². The zero-order chi connectivity index (χ0) is 18.6. The first-order valence-electron chi connectivity index (χ1n) is 7.65. The molecule has 1 aromatic carbocycles. The molecule has 1 aromatic rings. The predicted octanol–water partition coefficient (Wildman–Crippen LogP) is -1.04. The van der Waals surface area contributed by atoms with Crippen LogP contribution < -0.4 is 18.9 Å². The lowest BCUT2D eigenvalue weighted by Gasteiger charge is -2.21. The fraction of sp³-hybridized carbons (Fsp3) is 0.500. The molecule has 25 heavy (non-hydrogen) atoms. The molecule has 0 saturated heterocycles. The van der Waals surface area contributed by atoms with Gasteiger partial charge < -0.3 is 4.90 Å². The van der Waals surface area contributed by atoms with E-state index < -0.39 is 16.5 Å². The molecule has 0 bridgehead atoms. The molecule has 1 heterocycles. The van der Waals surface area contributed by atoms with E-state index in [1.807, 2.05) is 24.3 Å². The summed E-state index contributed by atoms with van der Waals surface area (Å²) in [5.41, 5.74) is 1.74. The molecule has 0 fully saturated rings. The minimum Gasteiger partial charge on any atom is -0.372 e. The molecular formula is C14H21ClN6O4. The Morgan fingerprint density at radius 3 is 2.28 bits per heavy atom. The van der Waals surface area contributed by atoms with Crippen molar-refractivity contribution in [1.82, 2.24) is 9.91 Å². The highest BCUT2D eigenvalue weighted by molar-refractivity contribution is 5.74. The van der Waals surface area contributed by atoms with Crippen LogP contribution in [-0.2, 0) is 4.29 Å². The summed E-state index contributed by atoms with van der Waals surface area (Å²) in [7, 11) is -1.56. The van der Waals surface area contributed by atoms with E-state index >= 15 is 0 Å². The Kier molecular flexibility index (Phi) is 6.01. The first kappa shape index (κ1) is 19.2. The van der Waals surface area contributed by atoms with Gasteiger partial charge in [-0.2, -0.15) is 19.1 Å². The molecule has 0 saturated carbocycles. The van der Waals surface area contributed by atoms with Crippen molar-refractivity contribution in [2.24, 2.45) is 15.3 Å². The van der Waals surface area contributed by atoms with E-state index in [0.29, 0.717) is 5.69 Å². The molecule has 0 spiro atoms. The van der Waals surface area contributed by atoms with Crippen LogP contribution in [0.15, 0.2) is 39.6 Å². The van der Waals surface area contributed by atoms with E-state index in [9.17, 15) is 14.0 Å². The van der Waals surface area contributed by atoms with Gasteiger partial charge in [0.1, 0.15) is 10.2 Å². The summed E-state index contributed by atoms with van der Waals surface area (Å²) in [4.78, 5) is 3.50. The summed E-state index contributed by atoms with van der Waals surface area (Å²) in [5.74, 6) is 0. The number of hydrogen-bond acceptors (Lipinski definition) is 10. The first-order valence-corrected chi connectivity index (χ1v) is 8.89. The van der Waals surface area contributed by atoms with Gasteiger partial charge in [0.05, 0.1) is 5.69 Å². The Balaban J connectivity index is 2.04. The Labute approximate surface area is 148 Å². The third-order valence-electron chi connectivity index (χ3n) is 3.64. The van der Waals surface area contributed by atoms with Gasteiger partial charge in [0.15, 0.2) is 0 Å². The van der Waals surface area contributed by atoms with Crippen molar-refractivity contribution < 1.29 is 28.5 Å². The Morgan fingerprint density at radius 1 is 1.16 bits per heavy atom. The number of hydrogen-bond donors (Lipinski definition) is 0. The van der Waals surface area contributed by atoms with Crippen LogP contribution in [0.3, 0.4) is 0 Å². The number of anilines is 1. The molecule has 138 valence electrons. The largest absolute Gasteiger partial charge is 0.475 e. The van der Waals surface area contributed by atoms with E-state index in [0.717, 1.165) is 18.8 Å². The Morgan fingerprint density at radius 2 is 1.76 bits per heavy atom. The highest BCUT2D eigenvalue weighted by atomic mass is 35.7. The molecule has 0 aromatic heterocycles. The standard InChI is InChI=1S/C14H21ClN6O4/c1-5-21(6-2)12-9-7-11(8-10-12)16-17-13-19(3)14(18-20(13)4)25-15(22,23)24/h7-10,13H,5-6H2,1-4H3. The summed E-state index contributed by atoms with van der Waals surface area (Å²) < 4.78 is 36.3. The second-order valence-corrected chi connectivity index (χ2v) is 6.18. The number of nitrogens with zero attached hydrogens (tertiary/aromatic N) is 6. The number of halogens is 1. The molecule has 10 nitrogen and oxygen atoms in total. The summed E-state index contributed by atoms with van der Waals surface area (Å²) in [6.07, 6.45) is -0.714. The fourth-order valence-electron chi connectivity index (χ4n) is 2.35. The van der Waals surface area contributed by atoms with Crippen LogP contribution in [0.1, 0.15) is 13.8 Å². The van der Waals surface area contributed by atoms with Gasteiger partial charge in [-0.15, -0.1) is 10.2 Å². The zero-order valence-electron chi connectivity index (χ0n) is 14.5. The summed E-state index contributed by atoms with van der Waals surface area (Å²) in [6.45, 7) is 6.00. The van der Waals surface area contributed by atoms with Gasteiger partial charge in [0, 0.05) is 32.9 Å². The van der Waals surface area contributed by atoms with E-state index in [4.69, 9.17) is 0 Å². The van der Waals surface area contributed by atoms with E-state index in [1.165, 1.54) is 17.0 Å². The topological polar surface area (TPSA) is 125 Å². The minimum atomic E-state index is -4.62. The maximum absolute atomic E-state index is 10.7. The number of benzene rings is 1. The van der Waals surface area contributed by atoms with Crippen molar-refractivity contribution in [3.05, 3.63) is 24.3 Å². The van der Waals surface area contributed by atoms with Crippen LogP contribution in [0.2, 0.25) is 0 Å². The quantitative estimate of drug-likeness (QED) is 0.584. The molecule has 1 unspecified atom stereocenters. The molecule has 1 aliphatic rings. The Bertz CT molecular complexity index is 629. The summed E-state index contributed by atoms with van der Waals surface area (Å²) >= 11 is 0. The monoisotopic (exact) mass is 372 g/mol. The van der Waals surface area contributed by atoms with Gasteiger partial charge in [-0.05, 0) is 42.4 Å². The molecule has 0 aliphatic carbocycles. The van der Waals surface area contributed by atoms with Gasteiger partial charge in [0.2, 0.25) is 6.29 Å². The average Bonchev–Trinajstić information content (AvgIpc) is 2.80. The van der Waals surface area contributed by atoms with Crippen LogP contribution >= 0.6 is 0 Å². The average molecular weight is 373 g/mol. The maximum Gasteiger partial charge on any atom is 0.475 e. The van der Waals surface area contributed by atoms with Gasteiger partial charge >= 0.3 is 6.02 Å². The van der Waals surface area contributed by atoms with Crippen LogP contribution in [0.25, 0.3) is 0 Å². The maximum atomic E-state index is 10.7. The number of hydrazone groups is 1. The second-order valence-electron chi connectivity index (χ2n) is 5.27. The molecule has 2 rings (SSSR count). The van der Waals surface area contributed by atoms with Crippen molar-refractivity contribution in [3.63, 3.8) is 0 Å². The van der Waals surface area contributed by atoms with Gasteiger partial charge in [0.25, 0.3) is 0 Å². The van der Waals surface area contributed by atoms with Crippen molar-refractivity contribution in [1.29, 1.82) is 0 Å². The molecule has 1 atom stereocenters. The van der Waals surface area contributed by atoms with E-state index in [1.54, 1.807) is 7.05 Å². The normalized spacial score (nSPS) is 18.0. The van der Waals surface area contributed by atoms with Crippen LogP contribution in [0.4, 0.5) is 11.4 Å². The first-order chi connectivity index (χ1) is 11.7. The molecule has 11 heteroatoms. The predicted molar refractivity (Wildman–Crippen MR) is 82.4 cm³/mol. The number of rotatable bonds is 6. The van der Waals surface area contributed by atoms with Crippen LogP contribution in [0.5, 0.6) is 0 Å². The molecule has 0 amide bonds. The highest BCUT2D eigenvalue weighted by Crippen LogP contribution is 2.22. The Hall–Kier alpha value is -2.14. The van der Waals surface area contributed by atoms with Crippen molar-refractivity contribution in [2.75, 3.05) is 32.1 Å². The van der Waals surface area contributed by atoms with Crippen molar-refractivity contribution >= 4 is 17.4 Å².